The number of carbonyl (C=O) groups is 3. The Labute approximate surface area is 170 Å². The number of ketones is 1. The van der Waals surface area contributed by atoms with Crippen LogP contribution in [0.4, 0.5) is 0 Å². The zero-order chi connectivity index (χ0) is 20.5. The summed E-state index contributed by atoms with van der Waals surface area (Å²) < 4.78 is 6.58. The lowest BCUT2D eigenvalue weighted by Crippen LogP contribution is -2.59. The fourth-order valence-electron chi connectivity index (χ4n) is 5.11. The molecular formula is C20H29N5O4. The minimum atomic E-state index is -0.163. The van der Waals surface area contributed by atoms with Gasteiger partial charge in [-0.2, -0.15) is 0 Å². The summed E-state index contributed by atoms with van der Waals surface area (Å²) in [7, 11) is 1.42. The Balaban J connectivity index is 1.33. The van der Waals surface area contributed by atoms with Crippen molar-refractivity contribution in [3.63, 3.8) is 0 Å². The molecule has 9 nitrogen and oxygen atoms in total. The third-order valence-corrected chi connectivity index (χ3v) is 6.83. The molecule has 9 heteroatoms. The highest BCUT2D eigenvalue weighted by Crippen LogP contribution is 2.38. The number of esters is 1. The molecule has 5 rings (SSSR count). The quantitative estimate of drug-likeness (QED) is 0.525. The van der Waals surface area contributed by atoms with Gasteiger partial charge in [0, 0.05) is 32.6 Å². The van der Waals surface area contributed by atoms with E-state index in [0.717, 1.165) is 25.9 Å². The molecule has 2 bridgehead atoms. The normalized spacial score (nSPS) is 29.7. The van der Waals surface area contributed by atoms with E-state index in [1.54, 1.807) is 10.9 Å². The molecule has 0 radical (unpaired) electrons. The van der Waals surface area contributed by atoms with Crippen molar-refractivity contribution in [1.82, 2.24) is 24.8 Å². The molecule has 158 valence electrons. The van der Waals surface area contributed by atoms with Crippen LogP contribution in [-0.2, 0) is 20.9 Å². The number of amides is 1. The predicted octanol–water partition coefficient (Wildman–Crippen LogP) is 0.603. The van der Waals surface area contributed by atoms with Crippen LogP contribution in [0.3, 0.4) is 0 Å². The molecule has 0 spiro atoms. The highest BCUT2D eigenvalue weighted by molar-refractivity contribution is 5.91. The number of ether oxygens (including phenoxy) is 1. The number of hydrogen-bond donors (Lipinski definition) is 0. The molecule has 4 fully saturated rings. The van der Waals surface area contributed by atoms with E-state index < -0.39 is 0 Å². The zero-order valence-corrected chi connectivity index (χ0v) is 17.1. The number of piperidine rings is 4. The second-order valence-corrected chi connectivity index (χ2v) is 8.54. The first-order valence-corrected chi connectivity index (χ1v) is 10.5. The van der Waals surface area contributed by atoms with Gasteiger partial charge in [0.25, 0.3) is 0 Å². The molecule has 1 aromatic rings. The van der Waals surface area contributed by atoms with Gasteiger partial charge in [0.2, 0.25) is 5.91 Å². The summed E-state index contributed by atoms with van der Waals surface area (Å²) in [6, 6.07) is 0.323. The first-order chi connectivity index (χ1) is 14.0. The van der Waals surface area contributed by atoms with Crippen molar-refractivity contribution in [3.8, 4) is 0 Å². The smallest absolute Gasteiger partial charge is 0.308 e. The Morgan fingerprint density at radius 1 is 1.17 bits per heavy atom. The molecule has 0 N–H and O–H groups in total. The standard InChI is InChI=1S/C20H29N5O4/c1-13(26)18-12-25(22-21-18)10-16-9-15-5-8-24(16)11-17(15)19(27)23-6-3-14(4-7-23)20(28)29-2/h12,14-17H,3-11H2,1-2H3. The molecule has 0 aromatic carbocycles. The third kappa shape index (κ3) is 4.05. The molecule has 0 aliphatic carbocycles. The van der Waals surface area contributed by atoms with Crippen molar-refractivity contribution in [2.75, 3.05) is 33.3 Å². The fourth-order valence-corrected chi connectivity index (χ4v) is 5.11. The number of fused-ring (bicyclic) bond motifs is 3. The maximum absolute atomic E-state index is 13.2. The van der Waals surface area contributed by atoms with Gasteiger partial charge in [0.15, 0.2) is 5.78 Å². The van der Waals surface area contributed by atoms with Crippen LogP contribution in [-0.4, -0.2) is 81.8 Å². The fraction of sp³-hybridized carbons (Fsp3) is 0.750. The van der Waals surface area contributed by atoms with Crippen LogP contribution in [0.1, 0.15) is 43.1 Å². The van der Waals surface area contributed by atoms with Crippen molar-refractivity contribution >= 4 is 17.7 Å². The Morgan fingerprint density at radius 3 is 2.52 bits per heavy atom. The largest absolute Gasteiger partial charge is 0.469 e. The number of rotatable bonds is 5. The van der Waals surface area contributed by atoms with Crippen LogP contribution in [0.15, 0.2) is 6.20 Å². The first kappa shape index (κ1) is 20.0. The monoisotopic (exact) mass is 403 g/mol. The number of hydrogen-bond acceptors (Lipinski definition) is 7. The van der Waals surface area contributed by atoms with E-state index in [9.17, 15) is 14.4 Å². The van der Waals surface area contributed by atoms with E-state index >= 15 is 0 Å². The van der Waals surface area contributed by atoms with Gasteiger partial charge in [0.1, 0.15) is 5.69 Å². The third-order valence-electron chi connectivity index (χ3n) is 6.83. The maximum Gasteiger partial charge on any atom is 0.308 e. The van der Waals surface area contributed by atoms with Gasteiger partial charge in [-0.05, 0) is 38.1 Å². The zero-order valence-electron chi connectivity index (χ0n) is 17.1. The lowest BCUT2D eigenvalue weighted by molar-refractivity contribution is -0.152. The number of nitrogens with zero attached hydrogens (tertiary/aromatic N) is 5. The highest BCUT2D eigenvalue weighted by Gasteiger charge is 2.45. The molecule has 5 heterocycles. The summed E-state index contributed by atoms with van der Waals surface area (Å²) in [5.41, 5.74) is 0.393. The summed E-state index contributed by atoms with van der Waals surface area (Å²) >= 11 is 0. The molecule has 4 aliphatic rings. The van der Waals surface area contributed by atoms with Gasteiger partial charge in [-0.15, -0.1) is 5.10 Å². The van der Waals surface area contributed by atoms with Gasteiger partial charge in [-0.1, -0.05) is 5.21 Å². The van der Waals surface area contributed by atoms with Crippen molar-refractivity contribution < 1.29 is 19.1 Å². The summed E-state index contributed by atoms with van der Waals surface area (Å²) in [5, 5.41) is 8.00. The Bertz CT molecular complexity index is 786. The minimum absolute atomic E-state index is 0.0400. The number of likely N-dealkylation sites (tertiary alicyclic amines) is 1. The molecule has 0 saturated carbocycles. The van der Waals surface area contributed by atoms with Crippen LogP contribution >= 0.6 is 0 Å². The molecule has 29 heavy (non-hydrogen) atoms. The van der Waals surface area contributed by atoms with E-state index in [1.807, 2.05) is 4.90 Å². The van der Waals surface area contributed by atoms with Crippen molar-refractivity contribution in [2.45, 2.75) is 45.2 Å². The van der Waals surface area contributed by atoms with Gasteiger partial charge in [-0.25, -0.2) is 0 Å². The molecule has 1 aromatic heterocycles. The van der Waals surface area contributed by atoms with E-state index in [1.165, 1.54) is 14.0 Å². The Kier molecular flexibility index (Phi) is 5.67. The maximum atomic E-state index is 13.2. The Morgan fingerprint density at radius 2 is 1.93 bits per heavy atom. The second-order valence-electron chi connectivity index (χ2n) is 8.54. The molecule has 4 atom stereocenters. The van der Waals surface area contributed by atoms with Gasteiger partial charge >= 0.3 is 5.97 Å². The van der Waals surface area contributed by atoms with Gasteiger partial charge < -0.3 is 9.64 Å². The van der Waals surface area contributed by atoms with Crippen LogP contribution in [0.25, 0.3) is 0 Å². The van der Waals surface area contributed by atoms with Crippen molar-refractivity contribution in [2.24, 2.45) is 17.8 Å². The molecular weight excluding hydrogens is 374 g/mol. The number of methoxy groups -OCH3 is 1. The topological polar surface area (TPSA) is 97.6 Å². The van der Waals surface area contributed by atoms with Crippen LogP contribution in [0, 0.1) is 17.8 Å². The summed E-state index contributed by atoms with van der Waals surface area (Å²) in [4.78, 5) is 40.6. The molecule has 4 unspecified atom stereocenters. The van der Waals surface area contributed by atoms with Crippen LogP contribution < -0.4 is 0 Å². The summed E-state index contributed by atoms with van der Waals surface area (Å²) in [5.74, 6) is 0.334. The van der Waals surface area contributed by atoms with Crippen LogP contribution in [0.5, 0.6) is 0 Å². The van der Waals surface area contributed by atoms with Crippen molar-refractivity contribution in [3.05, 3.63) is 11.9 Å². The second kappa shape index (κ2) is 8.22. The molecule has 4 aliphatic heterocycles. The lowest BCUT2D eigenvalue weighted by atomic mass is 9.74. The first-order valence-electron chi connectivity index (χ1n) is 10.5. The molecule has 4 saturated heterocycles. The number of Topliss-reactive ketones (excluding diaryl/α,β-unsaturated/α-hetero) is 1. The van der Waals surface area contributed by atoms with E-state index in [0.29, 0.717) is 50.1 Å². The predicted molar refractivity (Wildman–Crippen MR) is 103 cm³/mol. The van der Waals surface area contributed by atoms with E-state index in [-0.39, 0.29) is 29.5 Å². The van der Waals surface area contributed by atoms with E-state index in [4.69, 9.17) is 4.74 Å². The summed E-state index contributed by atoms with van der Waals surface area (Å²) in [6.45, 7) is 5.24. The van der Waals surface area contributed by atoms with E-state index in [2.05, 4.69) is 15.2 Å². The highest BCUT2D eigenvalue weighted by atomic mass is 16.5. The lowest BCUT2D eigenvalue weighted by Gasteiger charge is -2.50. The number of aromatic nitrogens is 3. The minimum Gasteiger partial charge on any atom is -0.469 e. The average molecular weight is 403 g/mol. The number of carbonyl (C=O) groups excluding carboxylic acids is 3. The average Bonchev–Trinajstić information content (AvgIpc) is 3.22. The Hall–Kier alpha value is -2.29. The summed E-state index contributed by atoms with van der Waals surface area (Å²) in [6.07, 6.45) is 5.09. The van der Waals surface area contributed by atoms with Gasteiger partial charge in [-0.3, -0.25) is 24.0 Å². The molecule has 1 amide bonds. The SMILES string of the molecule is COC(=O)C1CCN(C(=O)C2CN3CCC2CC3Cn2cc(C(C)=O)nn2)CC1. The van der Waals surface area contributed by atoms with Crippen LogP contribution in [0.2, 0.25) is 0 Å². The van der Waals surface area contributed by atoms with Gasteiger partial charge in [0.05, 0.1) is 31.7 Å². The van der Waals surface area contributed by atoms with Crippen molar-refractivity contribution in [1.29, 1.82) is 0 Å².